The van der Waals surface area contributed by atoms with Crippen LogP contribution in [0.15, 0.2) is 137 Å². The summed E-state index contributed by atoms with van der Waals surface area (Å²) in [6.07, 6.45) is 10.1. The molecule has 0 spiro atoms. The Balaban J connectivity index is 0.000000235. The van der Waals surface area contributed by atoms with Crippen LogP contribution in [0.5, 0.6) is 17.2 Å². The fraction of sp³-hybridized carbons (Fsp3) is 0.372. The van der Waals surface area contributed by atoms with E-state index in [0.29, 0.717) is 104 Å². The molecule has 7 aromatic carbocycles. The van der Waals surface area contributed by atoms with Gasteiger partial charge >= 0.3 is 17.9 Å². The minimum Gasteiger partial charge on any atom is -0.493 e. The summed E-state index contributed by atoms with van der Waals surface area (Å²) in [6, 6.07) is 40.4. The Morgan fingerprint density at radius 1 is 0.520 bits per heavy atom. The average Bonchev–Trinajstić information content (AvgIpc) is 1.61. The quantitative estimate of drug-likeness (QED) is 0.0262. The predicted molar refractivity (Wildman–Crippen MR) is 394 cm³/mol. The lowest BCUT2D eigenvalue weighted by Gasteiger charge is -2.23. The Labute approximate surface area is 597 Å². The highest BCUT2D eigenvalue weighted by atomic mass is 32.2. The molecule has 4 heterocycles. The van der Waals surface area contributed by atoms with Crippen LogP contribution in [0, 0.1) is 6.92 Å². The number of benzene rings is 7. The molecule has 0 saturated heterocycles. The monoisotopic (exact) mass is 1410 g/mol. The zero-order valence-corrected chi connectivity index (χ0v) is 60.4. The number of hydrogen-bond acceptors (Lipinski definition) is 21. The number of hydrogen-bond donors (Lipinski definition) is 2. The molecule has 2 N–H and O–H groups in total. The van der Waals surface area contributed by atoms with Crippen LogP contribution in [0.3, 0.4) is 0 Å². The van der Waals surface area contributed by atoms with Gasteiger partial charge in [0, 0.05) is 126 Å². The van der Waals surface area contributed by atoms with Crippen molar-refractivity contribution in [3.05, 3.63) is 189 Å². The highest BCUT2D eigenvalue weighted by molar-refractivity contribution is 7.85. The lowest BCUT2D eigenvalue weighted by atomic mass is 10.1. The maximum atomic E-state index is 14.0. The van der Waals surface area contributed by atoms with Crippen LogP contribution in [-0.4, -0.2) is 148 Å². The van der Waals surface area contributed by atoms with Gasteiger partial charge in [0.2, 0.25) is 0 Å². The van der Waals surface area contributed by atoms with Crippen molar-refractivity contribution in [3.8, 4) is 17.2 Å². The minimum atomic E-state index is -3.47. The van der Waals surface area contributed by atoms with Crippen LogP contribution in [0.25, 0.3) is 0 Å². The number of para-hydroxylation sites is 2. The van der Waals surface area contributed by atoms with Crippen LogP contribution in [0.1, 0.15) is 116 Å². The summed E-state index contributed by atoms with van der Waals surface area (Å²) < 4.78 is 59.9. The van der Waals surface area contributed by atoms with E-state index in [0.717, 1.165) is 97.6 Å². The molecule has 24 heteroatoms. The Kier molecular flexibility index (Phi) is 26.4. The molecular formula is C78H91N7O16S. The highest BCUT2D eigenvalue weighted by Gasteiger charge is 2.38. The molecule has 0 radical (unpaired) electrons. The number of anilines is 5. The first-order chi connectivity index (χ1) is 49.0. The molecule has 2 atom stereocenters. The Hall–Kier alpha value is -10.1. The molecule has 0 saturated carbocycles. The smallest absolute Gasteiger partial charge is 0.305 e. The first-order valence-corrected chi connectivity index (χ1v) is 35.7. The van der Waals surface area contributed by atoms with Gasteiger partial charge in [-0.15, -0.1) is 0 Å². The lowest BCUT2D eigenvalue weighted by Crippen LogP contribution is -2.37. The SMILES string of the molecule is CCc1cc(COS(C)(=O)=O)cc(N(C)CCCC(=O)OC)c1.COC(=O)CCCN(C)c1cc(CO)cc(CO)c1.COC(=O)CCCN(C)c1cc(COc2cc3c(cc2C)C(=O)N2c4ccccc4C[C@H]2C=N3)cc(COc2cc3c(cc2OC)C(=O)N2c4ccccc4C[C@H]2C=N3)c1. The number of methoxy groups -OCH3 is 4. The largest absolute Gasteiger partial charge is 0.493 e. The topological polar surface area (TPSA) is 265 Å². The molecule has 0 unspecified atom stereocenters. The molecule has 0 aliphatic carbocycles. The zero-order chi connectivity index (χ0) is 73.2. The molecule has 11 rings (SSSR count). The molecule has 540 valence electrons. The maximum Gasteiger partial charge on any atom is 0.305 e. The predicted octanol–water partition coefficient (Wildman–Crippen LogP) is 11.3. The van der Waals surface area contributed by atoms with E-state index in [2.05, 4.69) is 32.6 Å². The average molecular weight is 1410 g/mol. The third kappa shape index (κ3) is 19.7. The van der Waals surface area contributed by atoms with Crippen molar-refractivity contribution in [1.82, 2.24) is 0 Å². The van der Waals surface area contributed by atoms with Gasteiger partial charge in [0.05, 0.1) is 89.1 Å². The molecule has 4 aliphatic heterocycles. The van der Waals surface area contributed by atoms with Crippen molar-refractivity contribution in [2.75, 3.05) is 100.0 Å². The van der Waals surface area contributed by atoms with Gasteiger partial charge in [-0.05, 0) is 149 Å². The third-order valence-corrected chi connectivity index (χ3v) is 18.6. The molecule has 0 aromatic heterocycles. The number of carbonyl (C=O) groups is 5. The second-order valence-corrected chi connectivity index (χ2v) is 27.0. The van der Waals surface area contributed by atoms with Crippen LogP contribution in [0.4, 0.5) is 39.8 Å². The van der Waals surface area contributed by atoms with E-state index in [4.69, 9.17) is 33.1 Å². The van der Waals surface area contributed by atoms with Gasteiger partial charge in [0.1, 0.15) is 19.0 Å². The summed E-state index contributed by atoms with van der Waals surface area (Å²) in [5.41, 5.74) is 15.0. The van der Waals surface area contributed by atoms with Crippen molar-refractivity contribution in [3.63, 3.8) is 0 Å². The molecule has 4 aliphatic rings. The number of ether oxygens (including phenoxy) is 6. The Bertz CT molecular complexity index is 4330. The van der Waals surface area contributed by atoms with Gasteiger partial charge in [0.15, 0.2) is 11.5 Å². The first-order valence-electron chi connectivity index (χ1n) is 33.9. The summed E-state index contributed by atoms with van der Waals surface area (Å²) in [5, 5.41) is 18.4. The van der Waals surface area contributed by atoms with Crippen molar-refractivity contribution in [2.45, 2.75) is 117 Å². The van der Waals surface area contributed by atoms with Gasteiger partial charge in [-0.1, -0.05) is 55.5 Å². The van der Waals surface area contributed by atoms with E-state index in [-0.39, 0.29) is 74.8 Å². The van der Waals surface area contributed by atoms with Gasteiger partial charge in [-0.2, -0.15) is 8.42 Å². The van der Waals surface area contributed by atoms with Gasteiger partial charge in [0.25, 0.3) is 21.9 Å². The number of fused-ring (bicyclic) bond motifs is 8. The Morgan fingerprint density at radius 3 is 1.34 bits per heavy atom. The number of aliphatic hydroxyl groups is 2. The van der Waals surface area contributed by atoms with Crippen LogP contribution >= 0.6 is 0 Å². The molecule has 0 bridgehead atoms. The maximum absolute atomic E-state index is 14.0. The number of rotatable bonds is 28. The van der Waals surface area contributed by atoms with Crippen molar-refractivity contribution < 1.29 is 75.2 Å². The van der Waals surface area contributed by atoms with Crippen LogP contribution in [-0.2, 0) is 95.2 Å². The highest BCUT2D eigenvalue weighted by Crippen LogP contribution is 2.43. The molecule has 2 amide bonds. The number of carbonyl (C=O) groups excluding carboxylic acids is 5. The Morgan fingerprint density at radius 2 is 0.912 bits per heavy atom. The molecule has 102 heavy (non-hydrogen) atoms. The van der Waals surface area contributed by atoms with Crippen molar-refractivity contribution in [1.29, 1.82) is 0 Å². The van der Waals surface area contributed by atoms with E-state index in [9.17, 15) is 42.6 Å². The summed E-state index contributed by atoms with van der Waals surface area (Å²) in [6.45, 7) is 6.32. The summed E-state index contributed by atoms with van der Waals surface area (Å²) in [7, 11) is 8.07. The first kappa shape index (κ1) is 76.0. The van der Waals surface area contributed by atoms with E-state index < -0.39 is 10.1 Å². The number of aliphatic imine (C=N–C) groups is 2. The fourth-order valence-electron chi connectivity index (χ4n) is 12.5. The van der Waals surface area contributed by atoms with Gasteiger partial charge in [-0.25, -0.2) is 0 Å². The summed E-state index contributed by atoms with van der Waals surface area (Å²) >= 11 is 0. The lowest BCUT2D eigenvalue weighted by molar-refractivity contribution is -0.141. The van der Waals surface area contributed by atoms with Gasteiger partial charge in [-0.3, -0.25) is 47.9 Å². The zero-order valence-electron chi connectivity index (χ0n) is 59.6. The molecular weight excluding hydrogens is 1320 g/mol. The van der Waals surface area contributed by atoms with Gasteiger partial charge < -0.3 is 53.3 Å². The molecule has 7 aromatic rings. The van der Waals surface area contributed by atoms with Crippen molar-refractivity contribution >= 4 is 92.1 Å². The third-order valence-electron chi connectivity index (χ3n) is 18.0. The fourth-order valence-corrected chi connectivity index (χ4v) is 12.8. The number of esters is 3. The molecule has 23 nitrogen and oxygen atoms in total. The normalized spacial score (nSPS) is 14.4. The van der Waals surface area contributed by atoms with E-state index in [1.807, 2.05) is 158 Å². The number of nitrogens with zero attached hydrogens (tertiary/aromatic N) is 7. The molecule has 0 fully saturated rings. The van der Waals surface area contributed by atoms with E-state index >= 15 is 0 Å². The number of amides is 2. The van der Waals surface area contributed by atoms with E-state index in [1.54, 1.807) is 25.3 Å². The number of aliphatic hydroxyl groups excluding tert-OH is 2. The summed E-state index contributed by atoms with van der Waals surface area (Å²) in [5.74, 6) is 0.615. The minimum absolute atomic E-state index is 0.0235. The second-order valence-electron chi connectivity index (χ2n) is 25.4. The van der Waals surface area contributed by atoms with Crippen LogP contribution < -0.4 is 38.7 Å². The second kappa shape index (κ2) is 35.5. The van der Waals surface area contributed by atoms with Crippen LogP contribution in [0.2, 0.25) is 0 Å². The van der Waals surface area contributed by atoms with Crippen molar-refractivity contribution in [2.24, 2.45) is 9.98 Å². The van der Waals surface area contributed by atoms with E-state index in [1.165, 1.54) is 21.3 Å². The number of aryl methyl sites for hydroxylation is 2. The summed E-state index contributed by atoms with van der Waals surface area (Å²) in [4.78, 5) is 81.2. The standard InChI is InChI=1S/C48H45N5O7.C16H25NO5S.C14H21NO4/c1-29-16-37-39(49-25-35-20-32-10-5-7-12-41(32)52(35)47(37)55)23-43(29)59-27-30-17-31(19-34(18-30)51(2)15-9-14-46(54)58-4)28-60-45-24-40-38(22-44(45)57-3)48(56)53-36(26-50-40)21-33-11-6-8-13-42(33)53;1-5-13-9-14(12-22-23(4,19)20)11-15(10-13)17(2)8-6-7-16(18)21-3;1-15(5-3-4-14(18)19-2)13-7-11(9-16)6-12(8-13)10-17/h5-8,10-13,16-19,22-26,35-36H,9,14-15,20-21,27-28H2,1-4H3;9-11H,5-8,12H2,1-4H3;6-8,16-17H,3-5,9-10H2,1-2H3/t35-,36-;;/m0../s1.